The molecule has 2 aromatic rings. The van der Waals surface area contributed by atoms with Crippen LogP contribution in [0.25, 0.3) is 0 Å². The minimum atomic E-state index is -0.844. The number of hydrogen-bond acceptors (Lipinski definition) is 7. The zero-order valence-electron chi connectivity index (χ0n) is 17.0. The van der Waals surface area contributed by atoms with Gasteiger partial charge in [-0.15, -0.1) is 0 Å². The maximum Gasteiger partial charge on any atom is 0.271 e. The fraction of sp³-hybridized carbons (Fsp3) is 0.286. The van der Waals surface area contributed by atoms with Gasteiger partial charge in [0.2, 0.25) is 5.91 Å². The standard InChI is InChI=1S/C21H21N3O7/c1-3-4-17(25)13-5-8-19-16(9-13)23(21(28)12(2)31-19)11-20(27)22-15-10-14(24(29)30)6-7-18(15)26/h5-10,12,26H,3-4,11H2,1-2H3,(H,22,27). The van der Waals surface area contributed by atoms with Gasteiger partial charge in [0, 0.05) is 24.1 Å². The summed E-state index contributed by atoms with van der Waals surface area (Å²) < 4.78 is 5.58. The molecule has 0 aliphatic carbocycles. The minimum Gasteiger partial charge on any atom is -0.506 e. The van der Waals surface area contributed by atoms with Gasteiger partial charge < -0.3 is 15.2 Å². The number of nitrogens with one attached hydrogen (secondary N) is 1. The predicted molar refractivity (Wildman–Crippen MR) is 112 cm³/mol. The summed E-state index contributed by atoms with van der Waals surface area (Å²) in [4.78, 5) is 49.0. The number of nitro groups is 1. The molecule has 0 saturated carbocycles. The molecule has 2 N–H and O–H groups in total. The van der Waals surface area contributed by atoms with Gasteiger partial charge in [-0.2, -0.15) is 0 Å². The van der Waals surface area contributed by atoms with Crippen LogP contribution in [0, 0.1) is 10.1 Å². The number of anilines is 2. The summed E-state index contributed by atoms with van der Waals surface area (Å²) in [5.41, 5.74) is 0.213. The number of carbonyl (C=O) groups excluding carboxylic acids is 3. The van der Waals surface area contributed by atoms with Crippen LogP contribution in [0.1, 0.15) is 37.0 Å². The van der Waals surface area contributed by atoms with Crippen molar-refractivity contribution < 1.29 is 29.2 Å². The fourth-order valence-corrected chi connectivity index (χ4v) is 3.19. The molecule has 0 radical (unpaired) electrons. The van der Waals surface area contributed by atoms with Crippen LogP contribution >= 0.6 is 0 Å². The molecule has 0 saturated heterocycles. The van der Waals surface area contributed by atoms with Crippen molar-refractivity contribution in [3.63, 3.8) is 0 Å². The number of phenolic OH excluding ortho intramolecular Hbond substituents is 1. The number of carbonyl (C=O) groups is 3. The second kappa shape index (κ2) is 8.82. The first-order valence-electron chi connectivity index (χ1n) is 9.63. The molecule has 10 nitrogen and oxygen atoms in total. The summed E-state index contributed by atoms with van der Waals surface area (Å²) in [5, 5.41) is 23.2. The molecule has 0 bridgehead atoms. The minimum absolute atomic E-state index is 0.0951. The number of Topliss-reactive ketones (excluding diaryl/α,β-unsaturated/α-hetero) is 1. The lowest BCUT2D eigenvalue weighted by Gasteiger charge is -2.32. The van der Waals surface area contributed by atoms with Crippen molar-refractivity contribution in [3.8, 4) is 11.5 Å². The van der Waals surface area contributed by atoms with Gasteiger partial charge in [0.25, 0.3) is 11.6 Å². The summed E-state index contributed by atoms with van der Waals surface area (Å²) in [5.74, 6) is -1.26. The Kier molecular flexibility index (Phi) is 6.19. The topological polar surface area (TPSA) is 139 Å². The Hall–Kier alpha value is -3.95. The molecule has 162 valence electrons. The molecule has 1 heterocycles. The van der Waals surface area contributed by atoms with Crippen molar-refractivity contribution in [2.75, 3.05) is 16.8 Å². The van der Waals surface area contributed by atoms with Gasteiger partial charge in [-0.05, 0) is 37.6 Å². The molecule has 1 aliphatic rings. The second-order valence-corrected chi connectivity index (χ2v) is 7.05. The van der Waals surface area contributed by atoms with Gasteiger partial charge in [-0.1, -0.05) is 6.92 Å². The van der Waals surface area contributed by atoms with E-state index in [9.17, 15) is 29.6 Å². The van der Waals surface area contributed by atoms with Crippen LogP contribution in [0.2, 0.25) is 0 Å². The van der Waals surface area contributed by atoms with Crippen molar-refractivity contribution in [1.82, 2.24) is 0 Å². The Morgan fingerprint density at radius 3 is 2.68 bits per heavy atom. The molecular formula is C21H21N3O7. The largest absolute Gasteiger partial charge is 0.506 e. The molecule has 0 aromatic heterocycles. The van der Waals surface area contributed by atoms with E-state index >= 15 is 0 Å². The number of ether oxygens (including phenoxy) is 1. The van der Waals surface area contributed by atoms with Gasteiger partial charge in [0.1, 0.15) is 18.0 Å². The Balaban J connectivity index is 1.87. The summed E-state index contributed by atoms with van der Waals surface area (Å²) in [6, 6.07) is 7.92. The van der Waals surface area contributed by atoms with E-state index in [1.54, 1.807) is 19.1 Å². The van der Waals surface area contributed by atoms with Crippen LogP contribution < -0.4 is 15.0 Å². The van der Waals surface area contributed by atoms with Crippen LogP contribution in [0.3, 0.4) is 0 Å². The van der Waals surface area contributed by atoms with E-state index in [0.717, 1.165) is 18.2 Å². The molecule has 0 spiro atoms. The number of non-ortho nitro benzene ring substituents is 1. The number of nitro benzene ring substituents is 1. The quantitative estimate of drug-likeness (QED) is 0.300. The smallest absolute Gasteiger partial charge is 0.271 e. The number of benzene rings is 2. The van der Waals surface area contributed by atoms with Gasteiger partial charge in [-0.25, -0.2) is 0 Å². The third-order valence-electron chi connectivity index (χ3n) is 4.73. The number of ketones is 1. The third-order valence-corrected chi connectivity index (χ3v) is 4.73. The lowest BCUT2D eigenvalue weighted by atomic mass is 10.0. The lowest BCUT2D eigenvalue weighted by Crippen LogP contribution is -2.47. The Bertz CT molecular complexity index is 1070. The van der Waals surface area contributed by atoms with Gasteiger partial charge in [-0.3, -0.25) is 29.4 Å². The van der Waals surface area contributed by atoms with E-state index in [0.29, 0.717) is 24.2 Å². The number of nitrogens with zero attached hydrogens (tertiary/aromatic N) is 2. The number of hydrogen-bond donors (Lipinski definition) is 2. The van der Waals surface area contributed by atoms with Crippen LogP contribution in [0.5, 0.6) is 11.5 Å². The summed E-state index contributed by atoms with van der Waals surface area (Å²) in [7, 11) is 0. The second-order valence-electron chi connectivity index (χ2n) is 7.05. The summed E-state index contributed by atoms with van der Waals surface area (Å²) >= 11 is 0. The molecule has 1 aliphatic heterocycles. The molecule has 1 unspecified atom stereocenters. The molecule has 0 fully saturated rings. The van der Waals surface area contributed by atoms with Crippen molar-refractivity contribution in [2.24, 2.45) is 0 Å². The molecule has 10 heteroatoms. The van der Waals surface area contributed by atoms with E-state index in [1.807, 2.05) is 6.92 Å². The Morgan fingerprint density at radius 1 is 1.26 bits per heavy atom. The van der Waals surface area contributed by atoms with Gasteiger partial charge in [0.15, 0.2) is 11.9 Å². The highest BCUT2D eigenvalue weighted by Gasteiger charge is 2.33. The third kappa shape index (κ3) is 4.63. The van der Waals surface area contributed by atoms with E-state index in [1.165, 1.54) is 11.0 Å². The highest BCUT2D eigenvalue weighted by Crippen LogP contribution is 2.35. The first kappa shape index (κ1) is 21.8. The number of aromatic hydroxyl groups is 1. The monoisotopic (exact) mass is 427 g/mol. The first-order valence-corrected chi connectivity index (χ1v) is 9.63. The van der Waals surface area contributed by atoms with Crippen molar-refractivity contribution in [1.29, 1.82) is 0 Å². The van der Waals surface area contributed by atoms with E-state index in [2.05, 4.69) is 5.32 Å². The molecule has 2 amide bonds. The average molecular weight is 427 g/mol. The van der Waals surface area contributed by atoms with Gasteiger partial charge in [0.05, 0.1) is 16.3 Å². The van der Waals surface area contributed by atoms with E-state index in [4.69, 9.17) is 4.74 Å². The zero-order chi connectivity index (χ0) is 22.7. The normalized spacial score (nSPS) is 15.1. The van der Waals surface area contributed by atoms with Crippen molar-refractivity contribution in [2.45, 2.75) is 32.8 Å². The highest BCUT2D eigenvalue weighted by molar-refractivity contribution is 6.07. The van der Waals surface area contributed by atoms with Crippen LogP contribution in [-0.2, 0) is 9.59 Å². The van der Waals surface area contributed by atoms with Crippen molar-refractivity contribution >= 4 is 34.7 Å². The fourth-order valence-electron chi connectivity index (χ4n) is 3.19. The van der Waals surface area contributed by atoms with Crippen LogP contribution in [0.4, 0.5) is 17.1 Å². The Morgan fingerprint density at radius 2 is 2.00 bits per heavy atom. The summed E-state index contributed by atoms with van der Waals surface area (Å²) in [6.07, 6.45) is 0.168. The average Bonchev–Trinajstić information content (AvgIpc) is 2.72. The molecular weight excluding hydrogens is 406 g/mol. The van der Waals surface area contributed by atoms with Gasteiger partial charge >= 0.3 is 0 Å². The predicted octanol–water partition coefficient (Wildman–Crippen LogP) is 3.04. The zero-order valence-corrected chi connectivity index (χ0v) is 17.0. The Labute approximate surface area is 177 Å². The number of phenols is 1. The molecule has 2 aromatic carbocycles. The van der Waals surface area contributed by atoms with E-state index < -0.39 is 29.4 Å². The number of fused-ring (bicyclic) bond motifs is 1. The molecule has 31 heavy (non-hydrogen) atoms. The van der Waals surface area contributed by atoms with Crippen molar-refractivity contribution in [3.05, 3.63) is 52.1 Å². The first-order chi connectivity index (χ1) is 14.7. The number of rotatable bonds is 7. The maximum absolute atomic E-state index is 12.7. The van der Waals surface area contributed by atoms with E-state index in [-0.39, 0.29) is 28.6 Å². The highest BCUT2D eigenvalue weighted by atomic mass is 16.6. The SMILES string of the molecule is CCCC(=O)c1ccc2c(c1)N(CC(=O)Nc1cc([N+](=O)[O-])ccc1O)C(=O)C(C)O2. The molecule has 1 atom stereocenters. The molecule has 3 rings (SSSR count). The summed E-state index contributed by atoms with van der Waals surface area (Å²) in [6.45, 7) is 2.98. The lowest BCUT2D eigenvalue weighted by molar-refractivity contribution is -0.384. The van der Waals surface area contributed by atoms with Crippen LogP contribution in [-0.4, -0.2) is 40.3 Å². The number of amides is 2. The van der Waals surface area contributed by atoms with Crippen LogP contribution in [0.15, 0.2) is 36.4 Å². The maximum atomic E-state index is 12.7.